The molecule has 0 unspecified atom stereocenters. The van der Waals surface area contributed by atoms with Crippen LogP contribution in [0.25, 0.3) is 5.69 Å². The zero-order valence-electron chi connectivity index (χ0n) is 17.6. The maximum atomic E-state index is 13.0. The van der Waals surface area contributed by atoms with Crippen LogP contribution >= 0.6 is 0 Å². The van der Waals surface area contributed by atoms with E-state index in [0.717, 1.165) is 28.4 Å². The molecule has 2 aliphatic heterocycles. The van der Waals surface area contributed by atoms with Crippen LogP contribution in [0.4, 0.5) is 4.79 Å². The second-order valence-electron chi connectivity index (χ2n) is 7.54. The summed E-state index contributed by atoms with van der Waals surface area (Å²) in [7, 11) is 0. The van der Waals surface area contributed by atoms with E-state index in [1.807, 2.05) is 38.1 Å². The molecule has 0 saturated carbocycles. The number of rotatable bonds is 5. The molecule has 1 aromatic heterocycles. The van der Waals surface area contributed by atoms with Gasteiger partial charge in [-0.2, -0.15) is 0 Å². The average Bonchev–Trinajstić information content (AvgIpc) is 3.32. The third kappa shape index (κ3) is 3.87. The number of piperazine rings is 1. The lowest BCUT2D eigenvalue weighted by atomic mass is 10.1. The molecule has 0 bridgehead atoms. The van der Waals surface area contributed by atoms with Crippen molar-refractivity contribution in [3.63, 3.8) is 0 Å². The predicted molar refractivity (Wildman–Crippen MR) is 111 cm³/mol. The summed E-state index contributed by atoms with van der Waals surface area (Å²) < 4.78 is 18.0. The molecule has 0 aliphatic carbocycles. The van der Waals surface area contributed by atoms with Crippen LogP contribution in [0.15, 0.2) is 24.3 Å². The van der Waals surface area contributed by atoms with Crippen LogP contribution in [0.3, 0.4) is 0 Å². The fourth-order valence-electron chi connectivity index (χ4n) is 4.06. The maximum Gasteiger partial charge on any atom is 0.409 e. The van der Waals surface area contributed by atoms with E-state index in [9.17, 15) is 9.59 Å². The minimum absolute atomic E-state index is 0.0830. The van der Waals surface area contributed by atoms with E-state index in [2.05, 4.69) is 9.47 Å². The van der Waals surface area contributed by atoms with Crippen molar-refractivity contribution in [2.75, 3.05) is 46.1 Å². The molecule has 1 fully saturated rings. The third-order valence-corrected chi connectivity index (χ3v) is 5.61. The average molecular weight is 413 g/mol. The molecule has 0 atom stereocenters. The largest absolute Gasteiger partial charge is 0.454 e. The van der Waals surface area contributed by atoms with Crippen molar-refractivity contribution in [2.24, 2.45) is 0 Å². The van der Waals surface area contributed by atoms with Gasteiger partial charge in [-0.25, -0.2) is 4.79 Å². The molecular weight excluding hydrogens is 386 g/mol. The number of carbonyl (C=O) groups excluding carboxylic acids is 2. The lowest BCUT2D eigenvalue weighted by molar-refractivity contribution is 0.0733. The number of hydrogen-bond donors (Lipinski definition) is 0. The zero-order valence-corrected chi connectivity index (χ0v) is 17.6. The van der Waals surface area contributed by atoms with Crippen LogP contribution in [0.5, 0.6) is 11.5 Å². The summed E-state index contributed by atoms with van der Waals surface area (Å²) in [5, 5.41) is 0. The van der Waals surface area contributed by atoms with Crippen molar-refractivity contribution in [1.29, 1.82) is 0 Å². The number of aromatic nitrogens is 1. The molecule has 3 heterocycles. The molecule has 8 heteroatoms. The van der Waals surface area contributed by atoms with E-state index in [1.165, 1.54) is 0 Å². The summed E-state index contributed by atoms with van der Waals surface area (Å²) >= 11 is 0. The Hall–Kier alpha value is -3.00. The van der Waals surface area contributed by atoms with Crippen LogP contribution in [-0.4, -0.2) is 72.4 Å². The van der Waals surface area contributed by atoms with Gasteiger partial charge in [0.2, 0.25) is 6.79 Å². The van der Waals surface area contributed by atoms with Crippen molar-refractivity contribution < 1.29 is 23.8 Å². The molecule has 1 aromatic carbocycles. The van der Waals surface area contributed by atoms with Gasteiger partial charge in [-0.15, -0.1) is 0 Å². The lowest BCUT2D eigenvalue weighted by Gasteiger charge is -2.33. The maximum absolute atomic E-state index is 13.0. The number of aryl methyl sites for hydroxylation is 1. The van der Waals surface area contributed by atoms with Crippen molar-refractivity contribution in [3.8, 4) is 17.2 Å². The molecule has 0 spiro atoms. The number of benzene rings is 1. The van der Waals surface area contributed by atoms with Crippen molar-refractivity contribution in [1.82, 2.24) is 14.4 Å². The van der Waals surface area contributed by atoms with E-state index < -0.39 is 0 Å². The molecule has 1 saturated heterocycles. The van der Waals surface area contributed by atoms with E-state index in [0.29, 0.717) is 45.1 Å². The van der Waals surface area contributed by atoms with Crippen LogP contribution < -0.4 is 9.47 Å². The predicted octanol–water partition coefficient (Wildman–Crippen LogP) is 2.78. The number of fused-ring (bicyclic) bond motifs is 1. The number of nitrogens with zero attached hydrogens (tertiary/aromatic N) is 3. The SMILES string of the molecule is CCOC(=O)N1CCN(CC(=O)c2cc(C)n(-c3ccc4c(c3)OCO4)c2C)CC1. The van der Waals surface area contributed by atoms with Crippen molar-refractivity contribution in [2.45, 2.75) is 20.8 Å². The zero-order chi connectivity index (χ0) is 21.3. The standard InChI is InChI=1S/C22H27N3O5/c1-4-28-22(27)24-9-7-23(8-10-24)13-19(26)18-11-15(2)25(16(18)3)17-5-6-20-21(12-17)30-14-29-20/h5-6,11-12H,4,7-10,13-14H2,1-3H3. The summed E-state index contributed by atoms with van der Waals surface area (Å²) in [5.41, 5.74) is 3.55. The van der Waals surface area contributed by atoms with E-state index >= 15 is 0 Å². The fraction of sp³-hybridized carbons (Fsp3) is 0.455. The molecule has 0 N–H and O–H groups in total. The fourth-order valence-corrected chi connectivity index (χ4v) is 4.06. The number of ether oxygens (including phenoxy) is 3. The number of ketones is 1. The molecule has 1 amide bonds. The minimum atomic E-state index is -0.282. The molecule has 8 nitrogen and oxygen atoms in total. The normalized spacial score (nSPS) is 16.0. The van der Waals surface area contributed by atoms with Crippen LogP contribution in [0, 0.1) is 13.8 Å². The van der Waals surface area contributed by atoms with Crippen LogP contribution in [0.1, 0.15) is 28.7 Å². The molecular formula is C22H27N3O5. The van der Waals surface area contributed by atoms with Gasteiger partial charge in [-0.3, -0.25) is 9.69 Å². The smallest absolute Gasteiger partial charge is 0.409 e. The first kappa shape index (κ1) is 20.3. The number of carbonyl (C=O) groups is 2. The van der Waals surface area contributed by atoms with Crippen LogP contribution in [-0.2, 0) is 4.74 Å². The minimum Gasteiger partial charge on any atom is -0.454 e. The molecule has 30 heavy (non-hydrogen) atoms. The number of amides is 1. The number of hydrogen-bond acceptors (Lipinski definition) is 6. The highest BCUT2D eigenvalue weighted by atomic mass is 16.7. The molecule has 2 aromatic rings. The Morgan fingerprint density at radius 2 is 1.77 bits per heavy atom. The van der Waals surface area contributed by atoms with E-state index in [4.69, 9.17) is 14.2 Å². The van der Waals surface area contributed by atoms with Crippen molar-refractivity contribution >= 4 is 11.9 Å². The van der Waals surface area contributed by atoms with Crippen LogP contribution in [0.2, 0.25) is 0 Å². The highest BCUT2D eigenvalue weighted by Gasteiger charge is 2.25. The second kappa shape index (κ2) is 8.39. The first-order chi connectivity index (χ1) is 14.5. The highest BCUT2D eigenvalue weighted by molar-refractivity contribution is 5.99. The van der Waals surface area contributed by atoms with Gasteiger partial charge in [0.15, 0.2) is 17.3 Å². The van der Waals surface area contributed by atoms with Gasteiger partial charge in [-0.1, -0.05) is 0 Å². The van der Waals surface area contributed by atoms with Crippen molar-refractivity contribution in [3.05, 3.63) is 41.2 Å². The van der Waals surface area contributed by atoms with Gasteiger partial charge >= 0.3 is 6.09 Å². The summed E-state index contributed by atoms with van der Waals surface area (Å²) in [6.07, 6.45) is -0.282. The summed E-state index contributed by atoms with van der Waals surface area (Å²) in [5.74, 6) is 1.53. The van der Waals surface area contributed by atoms with E-state index in [1.54, 1.807) is 11.8 Å². The Balaban J connectivity index is 1.44. The van der Waals surface area contributed by atoms with Gasteiger partial charge in [0.25, 0.3) is 0 Å². The summed E-state index contributed by atoms with van der Waals surface area (Å²) in [4.78, 5) is 28.6. The highest BCUT2D eigenvalue weighted by Crippen LogP contribution is 2.35. The molecule has 0 radical (unpaired) electrons. The van der Waals surface area contributed by atoms with Gasteiger partial charge in [-0.05, 0) is 39.0 Å². The van der Waals surface area contributed by atoms with Gasteiger partial charge in [0, 0.05) is 54.9 Å². The van der Waals surface area contributed by atoms with Gasteiger partial charge in [0.05, 0.1) is 13.2 Å². The third-order valence-electron chi connectivity index (χ3n) is 5.61. The molecule has 2 aliphatic rings. The summed E-state index contributed by atoms with van der Waals surface area (Å²) in [6.45, 7) is 9.15. The first-order valence-corrected chi connectivity index (χ1v) is 10.2. The molecule has 160 valence electrons. The van der Waals surface area contributed by atoms with Gasteiger partial charge in [0.1, 0.15) is 0 Å². The van der Waals surface area contributed by atoms with E-state index in [-0.39, 0.29) is 18.7 Å². The quantitative estimate of drug-likeness (QED) is 0.702. The molecule has 4 rings (SSSR count). The topological polar surface area (TPSA) is 73.2 Å². The Morgan fingerprint density at radius 3 is 2.50 bits per heavy atom. The summed E-state index contributed by atoms with van der Waals surface area (Å²) in [6, 6.07) is 7.74. The Kier molecular flexibility index (Phi) is 5.67. The monoisotopic (exact) mass is 413 g/mol. The lowest BCUT2D eigenvalue weighted by Crippen LogP contribution is -2.50. The van der Waals surface area contributed by atoms with Gasteiger partial charge < -0.3 is 23.7 Å². The first-order valence-electron chi connectivity index (χ1n) is 10.2. The second-order valence-corrected chi connectivity index (χ2v) is 7.54. The Bertz CT molecular complexity index is 960. The Labute approximate surface area is 175 Å². The Morgan fingerprint density at radius 1 is 1.03 bits per heavy atom. The number of Topliss-reactive ketones (excluding diaryl/α,β-unsaturated/α-hetero) is 1.